The molecule has 204 valence electrons. The Hall–Kier alpha value is -2.57. The smallest absolute Gasteiger partial charge is 0.268 e. The molecule has 6 nitrogen and oxygen atoms in total. The molecule has 2 heterocycles. The van der Waals surface area contributed by atoms with Gasteiger partial charge in [-0.2, -0.15) is 35.7 Å². The van der Waals surface area contributed by atoms with Crippen molar-refractivity contribution in [3.8, 4) is 11.3 Å². The van der Waals surface area contributed by atoms with Crippen LogP contribution in [0.15, 0.2) is 47.6 Å². The van der Waals surface area contributed by atoms with Gasteiger partial charge in [0.1, 0.15) is 18.2 Å². The summed E-state index contributed by atoms with van der Waals surface area (Å²) in [5.41, 5.74) is 1.29. The van der Waals surface area contributed by atoms with Gasteiger partial charge in [0.25, 0.3) is 10.2 Å². The molecule has 0 amide bonds. The van der Waals surface area contributed by atoms with Gasteiger partial charge >= 0.3 is 6.18 Å². The summed E-state index contributed by atoms with van der Waals surface area (Å²) in [6.07, 6.45) is 3.51. The maximum Gasteiger partial charge on any atom is 0.402 e. The van der Waals surface area contributed by atoms with Crippen molar-refractivity contribution in [2.45, 2.75) is 49.7 Å². The minimum atomic E-state index is -4.71. The Kier molecular flexibility index (Phi) is 5.90. The average molecular weight is 555 g/mol. The van der Waals surface area contributed by atoms with Crippen molar-refractivity contribution in [3.63, 3.8) is 0 Å². The van der Waals surface area contributed by atoms with Crippen LogP contribution in [0.3, 0.4) is 0 Å². The molecule has 1 aromatic carbocycles. The van der Waals surface area contributed by atoms with Crippen LogP contribution in [-0.4, -0.2) is 47.3 Å². The monoisotopic (exact) mass is 554 g/mol. The number of alkyl halides is 3. The van der Waals surface area contributed by atoms with E-state index in [2.05, 4.69) is 9.82 Å². The van der Waals surface area contributed by atoms with Crippen LogP contribution in [0.2, 0.25) is 0 Å². The first-order valence-corrected chi connectivity index (χ1v) is 14.0. The Morgan fingerprint density at radius 1 is 1.13 bits per heavy atom. The van der Waals surface area contributed by atoms with Crippen molar-refractivity contribution in [2.24, 2.45) is 18.9 Å². The summed E-state index contributed by atoms with van der Waals surface area (Å²) >= 11 is 0. The first-order valence-electron chi connectivity index (χ1n) is 12.6. The van der Waals surface area contributed by atoms with Crippen LogP contribution in [-0.2, 0) is 17.3 Å². The lowest BCUT2D eigenvalue weighted by molar-refractivity contribution is -0.136. The van der Waals surface area contributed by atoms with Crippen LogP contribution in [0.5, 0.6) is 0 Å². The molecule has 6 rings (SSSR count). The summed E-state index contributed by atoms with van der Waals surface area (Å²) in [4.78, 5) is 0. The number of nitrogens with zero attached hydrogens (tertiary/aromatic N) is 3. The maximum absolute atomic E-state index is 14.6. The van der Waals surface area contributed by atoms with E-state index in [1.165, 1.54) is 10.7 Å². The standard InChI is InChI=1S/C26H27F5N4O2S/c1-34-24(19-6-5-18(27)11-22(19)28)12-23(32-34)20-7-4-17-9-15-2-3-16(8-15)10-21(17)25(20)13-35(14-26(29,30)31)38(36,37)33-25/h4-7,11-12,15-16,20,33H,2-3,8-10,13-14H2,1H3/t15-,16+,20?,25?/m0/s1. The highest BCUT2D eigenvalue weighted by atomic mass is 32.2. The van der Waals surface area contributed by atoms with Gasteiger partial charge in [-0.25, -0.2) is 8.78 Å². The molecule has 2 fully saturated rings. The summed E-state index contributed by atoms with van der Waals surface area (Å²) < 4.78 is 99.2. The molecular weight excluding hydrogens is 527 g/mol. The number of hydrogen-bond donors (Lipinski definition) is 1. The van der Waals surface area contributed by atoms with E-state index in [0.717, 1.165) is 49.0 Å². The number of rotatable bonds is 3. The zero-order chi connectivity index (χ0) is 27.0. The zero-order valence-corrected chi connectivity index (χ0v) is 21.4. The predicted octanol–water partition coefficient (Wildman–Crippen LogP) is 4.98. The molecule has 4 aliphatic rings. The van der Waals surface area contributed by atoms with E-state index >= 15 is 0 Å². The van der Waals surface area contributed by atoms with E-state index < -0.39 is 52.6 Å². The molecule has 1 saturated carbocycles. The highest BCUT2D eigenvalue weighted by molar-refractivity contribution is 7.87. The molecule has 2 unspecified atom stereocenters. The summed E-state index contributed by atoms with van der Waals surface area (Å²) in [6, 6.07) is 4.79. The Morgan fingerprint density at radius 2 is 1.87 bits per heavy atom. The summed E-state index contributed by atoms with van der Waals surface area (Å²) in [5, 5.41) is 4.56. The second kappa shape index (κ2) is 8.72. The van der Waals surface area contributed by atoms with E-state index in [4.69, 9.17) is 0 Å². The number of allylic oxidation sites excluding steroid dienone is 2. The largest absolute Gasteiger partial charge is 0.402 e. The maximum atomic E-state index is 14.6. The summed E-state index contributed by atoms with van der Waals surface area (Å²) in [5.74, 6) is -1.43. The Labute approximate surface area is 217 Å². The SMILES string of the molecule is Cn1nc(C2C=CC3=C(C[C@@H]4CC[C@H](C3)C4)C23CN(CC(F)(F)F)S(=O)(=O)N3)cc1-c1ccc(F)cc1F. The minimum absolute atomic E-state index is 0.110. The highest BCUT2D eigenvalue weighted by Gasteiger charge is 2.58. The van der Waals surface area contributed by atoms with Gasteiger partial charge in [0.15, 0.2) is 0 Å². The molecule has 2 aromatic rings. The van der Waals surface area contributed by atoms with Crippen LogP contribution in [0.4, 0.5) is 22.0 Å². The van der Waals surface area contributed by atoms with Crippen molar-refractivity contribution in [3.05, 3.63) is 64.9 Å². The second-order valence-electron chi connectivity index (χ2n) is 11.0. The molecule has 38 heavy (non-hydrogen) atoms. The third kappa shape index (κ3) is 4.30. The van der Waals surface area contributed by atoms with Crippen LogP contribution in [0.1, 0.15) is 43.7 Å². The van der Waals surface area contributed by atoms with Crippen molar-refractivity contribution >= 4 is 10.2 Å². The fourth-order valence-electron chi connectivity index (χ4n) is 6.90. The van der Waals surface area contributed by atoms with E-state index in [0.29, 0.717) is 33.9 Å². The molecular formula is C26H27F5N4O2S. The average Bonchev–Trinajstić information content (AvgIpc) is 3.41. The molecule has 1 spiro atoms. The fraction of sp³-hybridized carbons (Fsp3) is 0.500. The molecule has 2 bridgehead atoms. The number of hydrogen-bond acceptors (Lipinski definition) is 3. The number of nitrogens with one attached hydrogen (secondary N) is 1. The number of aryl methyl sites for hydroxylation is 1. The van der Waals surface area contributed by atoms with Crippen LogP contribution < -0.4 is 4.72 Å². The Balaban J connectivity index is 1.47. The van der Waals surface area contributed by atoms with Crippen LogP contribution >= 0.6 is 0 Å². The van der Waals surface area contributed by atoms with Crippen molar-refractivity contribution in [1.29, 1.82) is 0 Å². The third-order valence-electron chi connectivity index (χ3n) is 8.45. The topological polar surface area (TPSA) is 67.2 Å². The van der Waals surface area contributed by atoms with E-state index in [1.807, 2.05) is 12.2 Å². The molecule has 1 saturated heterocycles. The van der Waals surface area contributed by atoms with Gasteiger partial charge in [-0.15, -0.1) is 0 Å². The van der Waals surface area contributed by atoms with Crippen molar-refractivity contribution in [2.75, 3.05) is 13.1 Å². The van der Waals surface area contributed by atoms with Crippen molar-refractivity contribution < 1.29 is 30.4 Å². The molecule has 4 atom stereocenters. The summed E-state index contributed by atoms with van der Waals surface area (Å²) in [7, 11) is -2.86. The van der Waals surface area contributed by atoms with E-state index in [1.54, 1.807) is 13.1 Å². The van der Waals surface area contributed by atoms with E-state index in [9.17, 15) is 30.4 Å². The van der Waals surface area contributed by atoms with Gasteiger partial charge in [-0.05, 0) is 73.3 Å². The lowest BCUT2D eigenvalue weighted by Crippen LogP contribution is -2.52. The molecule has 12 heteroatoms. The third-order valence-corrected chi connectivity index (χ3v) is 10.0. The van der Waals surface area contributed by atoms with Crippen LogP contribution in [0, 0.1) is 23.5 Å². The molecule has 1 N–H and O–H groups in total. The summed E-state index contributed by atoms with van der Waals surface area (Å²) in [6.45, 7) is -1.99. The minimum Gasteiger partial charge on any atom is -0.268 e. The highest BCUT2D eigenvalue weighted by Crippen LogP contribution is 2.53. The number of benzene rings is 1. The molecule has 1 aromatic heterocycles. The first-order chi connectivity index (χ1) is 17.8. The molecule has 1 aliphatic heterocycles. The van der Waals surface area contributed by atoms with Crippen molar-refractivity contribution in [1.82, 2.24) is 18.8 Å². The lowest BCUT2D eigenvalue weighted by Gasteiger charge is -2.41. The lowest BCUT2D eigenvalue weighted by atomic mass is 9.68. The van der Waals surface area contributed by atoms with Crippen LogP contribution in [0.25, 0.3) is 11.3 Å². The normalized spacial score (nSPS) is 30.7. The van der Waals surface area contributed by atoms with Gasteiger partial charge in [-0.1, -0.05) is 12.2 Å². The quantitative estimate of drug-likeness (QED) is 0.545. The van der Waals surface area contributed by atoms with Gasteiger partial charge in [0.2, 0.25) is 0 Å². The predicted molar refractivity (Wildman–Crippen MR) is 130 cm³/mol. The Morgan fingerprint density at radius 3 is 2.58 bits per heavy atom. The Bertz CT molecular complexity index is 1460. The fourth-order valence-corrected chi connectivity index (χ4v) is 8.49. The molecule has 0 radical (unpaired) electrons. The number of halogens is 5. The van der Waals surface area contributed by atoms with Gasteiger partial charge in [0.05, 0.1) is 16.9 Å². The first kappa shape index (κ1) is 25.7. The van der Waals surface area contributed by atoms with Gasteiger partial charge in [-0.3, -0.25) is 4.68 Å². The molecule has 3 aliphatic carbocycles. The van der Waals surface area contributed by atoms with E-state index in [-0.39, 0.29) is 5.56 Å². The zero-order valence-electron chi connectivity index (χ0n) is 20.6. The van der Waals surface area contributed by atoms with Gasteiger partial charge < -0.3 is 0 Å². The number of fused-ring (bicyclic) bond motifs is 3. The second-order valence-corrected chi connectivity index (χ2v) is 12.6. The van der Waals surface area contributed by atoms with Gasteiger partial charge in [0, 0.05) is 31.1 Å². The number of aromatic nitrogens is 2.